The van der Waals surface area contributed by atoms with Crippen LogP contribution in [0, 0.1) is 0 Å². The summed E-state index contributed by atoms with van der Waals surface area (Å²) in [5.41, 5.74) is -4.63. The highest BCUT2D eigenvalue weighted by Gasteiger charge is 2.30. The van der Waals surface area contributed by atoms with Gasteiger partial charge in [-0.05, 0) is 41.8 Å². The first-order valence-corrected chi connectivity index (χ1v) is 9.06. The predicted molar refractivity (Wildman–Crippen MR) is 93.6 cm³/mol. The molecular weight excluding hydrogens is 397 g/mol. The van der Waals surface area contributed by atoms with E-state index in [1.807, 2.05) is 6.92 Å². The van der Waals surface area contributed by atoms with Gasteiger partial charge in [-0.15, -0.1) is 11.8 Å². The van der Waals surface area contributed by atoms with Crippen molar-refractivity contribution in [2.24, 2.45) is 0 Å². The van der Waals surface area contributed by atoms with Crippen molar-refractivity contribution in [2.75, 3.05) is 11.1 Å². The number of anilines is 1. The Kier molecular flexibility index (Phi) is 6.47. The Morgan fingerprint density at radius 2 is 2.12 bits per heavy atom. The molecule has 0 unspecified atom stereocenters. The predicted octanol–water partition coefficient (Wildman–Crippen LogP) is 5.42. The number of halogens is 4. The summed E-state index contributed by atoms with van der Waals surface area (Å²) in [4.78, 5) is 16.8. The summed E-state index contributed by atoms with van der Waals surface area (Å²) in [6.07, 6.45) is 1.43. The number of nitrogens with one attached hydrogen (secondary N) is 1. The molecule has 25 heavy (non-hydrogen) atoms. The van der Waals surface area contributed by atoms with Crippen LogP contribution in [-0.4, -0.2) is 27.3 Å². The summed E-state index contributed by atoms with van der Waals surface area (Å²) in [7, 11) is 0. The van der Waals surface area contributed by atoms with E-state index in [-0.39, 0.29) is 21.3 Å². The van der Waals surface area contributed by atoms with Gasteiger partial charge in [0.15, 0.2) is 5.75 Å². The lowest BCUT2D eigenvalue weighted by Gasteiger charge is -2.13. The molecule has 2 aromatic rings. The number of rotatable bonds is 5. The third kappa shape index (κ3) is 5.45. The molecule has 1 amide bonds. The maximum absolute atomic E-state index is 12.5. The van der Waals surface area contributed by atoms with Gasteiger partial charge < -0.3 is 10.4 Å². The third-order valence-corrected chi connectivity index (χ3v) is 4.72. The highest BCUT2D eigenvalue weighted by atomic mass is 35.5. The third-order valence-electron chi connectivity index (χ3n) is 2.80. The summed E-state index contributed by atoms with van der Waals surface area (Å²) < 4.78 is 37.6. The van der Waals surface area contributed by atoms with Gasteiger partial charge in [0.2, 0.25) is 0 Å². The zero-order valence-electron chi connectivity index (χ0n) is 12.7. The molecule has 0 aliphatic heterocycles. The molecule has 134 valence electrons. The minimum absolute atomic E-state index is 0.110. The van der Waals surface area contributed by atoms with E-state index >= 15 is 0 Å². The van der Waals surface area contributed by atoms with Crippen LogP contribution in [0.5, 0.6) is 5.75 Å². The van der Waals surface area contributed by atoms with Crippen LogP contribution in [0.3, 0.4) is 0 Å². The molecule has 1 aromatic carbocycles. The maximum Gasteiger partial charge on any atom is 0.446 e. The molecule has 1 aromatic heterocycles. The van der Waals surface area contributed by atoms with E-state index in [1.165, 1.54) is 18.0 Å². The van der Waals surface area contributed by atoms with Gasteiger partial charge in [-0.2, -0.15) is 13.2 Å². The molecule has 0 spiro atoms. The highest BCUT2D eigenvalue weighted by Crippen LogP contribution is 2.42. The van der Waals surface area contributed by atoms with Gasteiger partial charge >= 0.3 is 5.51 Å². The van der Waals surface area contributed by atoms with E-state index in [0.717, 1.165) is 12.1 Å². The smallest absolute Gasteiger partial charge is 0.446 e. The Labute approximate surface area is 155 Å². The number of hydrogen-bond acceptors (Lipinski definition) is 5. The number of alkyl halides is 3. The molecule has 10 heteroatoms. The Hall–Kier alpha value is -1.58. The second kappa shape index (κ2) is 8.20. The fourth-order valence-electron chi connectivity index (χ4n) is 1.88. The Bertz CT molecular complexity index is 788. The number of carbonyl (C=O) groups excluding carboxylic acids is 1. The number of benzene rings is 1. The SMILES string of the molecule is CCSc1cccnc1C(=O)Nc1cc(SC(F)(F)F)cc(Cl)c1O. The number of phenols is 1. The summed E-state index contributed by atoms with van der Waals surface area (Å²) in [5.74, 6) is -0.458. The van der Waals surface area contributed by atoms with Crippen molar-refractivity contribution in [3.63, 3.8) is 0 Å². The first-order chi connectivity index (χ1) is 11.7. The van der Waals surface area contributed by atoms with Crippen molar-refractivity contribution in [3.05, 3.63) is 41.2 Å². The Morgan fingerprint density at radius 1 is 1.40 bits per heavy atom. The fourth-order valence-corrected chi connectivity index (χ4v) is 3.55. The van der Waals surface area contributed by atoms with Gasteiger partial charge in [0, 0.05) is 16.0 Å². The van der Waals surface area contributed by atoms with E-state index in [0.29, 0.717) is 10.6 Å². The van der Waals surface area contributed by atoms with Crippen LogP contribution < -0.4 is 5.32 Å². The first-order valence-electron chi connectivity index (χ1n) is 6.88. The van der Waals surface area contributed by atoms with Crippen molar-refractivity contribution in [3.8, 4) is 5.75 Å². The number of carbonyl (C=O) groups is 1. The summed E-state index contributed by atoms with van der Waals surface area (Å²) in [6, 6.07) is 5.36. The van der Waals surface area contributed by atoms with Gasteiger partial charge in [-0.3, -0.25) is 4.79 Å². The van der Waals surface area contributed by atoms with E-state index < -0.39 is 28.9 Å². The van der Waals surface area contributed by atoms with Crippen molar-refractivity contribution in [1.29, 1.82) is 0 Å². The first kappa shape index (κ1) is 19.7. The Morgan fingerprint density at radius 3 is 2.76 bits per heavy atom. The number of amides is 1. The summed E-state index contributed by atoms with van der Waals surface area (Å²) >= 11 is 6.76. The van der Waals surface area contributed by atoms with Crippen LogP contribution in [0.25, 0.3) is 0 Å². The Balaban J connectivity index is 2.32. The maximum atomic E-state index is 12.5. The molecule has 1 heterocycles. The zero-order chi connectivity index (χ0) is 18.6. The molecule has 4 nitrogen and oxygen atoms in total. The molecule has 0 saturated carbocycles. The number of aromatic nitrogens is 1. The van der Waals surface area contributed by atoms with Crippen molar-refractivity contribution < 1.29 is 23.1 Å². The molecular formula is C15H12ClF3N2O2S2. The topological polar surface area (TPSA) is 62.2 Å². The van der Waals surface area contributed by atoms with E-state index in [9.17, 15) is 23.1 Å². The van der Waals surface area contributed by atoms with E-state index in [2.05, 4.69) is 10.3 Å². The second-order valence-corrected chi connectivity index (χ2v) is 7.44. The monoisotopic (exact) mass is 408 g/mol. The van der Waals surface area contributed by atoms with Gasteiger partial charge in [0.05, 0.1) is 10.7 Å². The van der Waals surface area contributed by atoms with Gasteiger partial charge in [0.1, 0.15) is 5.69 Å². The molecule has 0 radical (unpaired) electrons. The molecule has 0 aliphatic rings. The quantitative estimate of drug-likeness (QED) is 0.511. The van der Waals surface area contributed by atoms with Crippen LogP contribution in [0.2, 0.25) is 5.02 Å². The van der Waals surface area contributed by atoms with Gasteiger partial charge in [-0.1, -0.05) is 18.5 Å². The van der Waals surface area contributed by atoms with Crippen LogP contribution in [0.15, 0.2) is 40.3 Å². The zero-order valence-corrected chi connectivity index (χ0v) is 15.1. The molecule has 0 bridgehead atoms. The molecule has 0 fully saturated rings. The van der Waals surface area contributed by atoms with Gasteiger partial charge in [0.25, 0.3) is 5.91 Å². The fraction of sp³-hybridized carbons (Fsp3) is 0.200. The summed E-state index contributed by atoms with van der Waals surface area (Å²) in [6.45, 7) is 1.91. The minimum Gasteiger partial charge on any atom is -0.504 e. The second-order valence-electron chi connectivity index (χ2n) is 4.59. The van der Waals surface area contributed by atoms with Crippen molar-refractivity contribution in [1.82, 2.24) is 4.98 Å². The standard InChI is InChI=1S/C15H12ClF3N2O2S2/c1-2-24-11-4-3-5-20-12(11)14(23)21-10-7-8(25-15(17,18)19)6-9(16)13(10)22/h3-7,22H,2H2,1H3,(H,21,23). The lowest BCUT2D eigenvalue weighted by molar-refractivity contribution is -0.0328. The molecule has 0 atom stereocenters. The van der Waals surface area contributed by atoms with Crippen LogP contribution in [0.1, 0.15) is 17.4 Å². The van der Waals surface area contributed by atoms with Crippen LogP contribution >= 0.6 is 35.1 Å². The molecule has 0 saturated heterocycles. The average Bonchev–Trinajstić information content (AvgIpc) is 2.51. The lowest BCUT2D eigenvalue weighted by atomic mass is 10.2. The van der Waals surface area contributed by atoms with Gasteiger partial charge in [-0.25, -0.2) is 4.98 Å². The molecule has 2 rings (SSSR count). The van der Waals surface area contributed by atoms with E-state index in [1.54, 1.807) is 12.1 Å². The molecule has 2 N–H and O–H groups in total. The van der Waals surface area contributed by atoms with Crippen LogP contribution in [-0.2, 0) is 0 Å². The number of hydrogen-bond donors (Lipinski definition) is 2. The molecule has 0 aliphatic carbocycles. The number of pyridine rings is 1. The van der Waals surface area contributed by atoms with E-state index in [4.69, 9.17) is 11.6 Å². The number of phenolic OH excluding ortho intramolecular Hbond substituents is 1. The highest BCUT2D eigenvalue weighted by molar-refractivity contribution is 8.00. The van der Waals surface area contributed by atoms with Crippen molar-refractivity contribution >= 4 is 46.7 Å². The normalized spacial score (nSPS) is 11.4. The average molecular weight is 409 g/mol. The largest absolute Gasteiger partial charge is 0.504 e. The van der Waals surface area contributed by atoms with Crippen molar-refractivity contribution in [2.45, 2.75) is 22.2 Å². The summed E-state index contributed by atoms with van der Waals surface area (Å²) in [5, 5.41) is 12.0. The minimum atomic E-state index is -4.52. The lowest BCUT2D eigenvalue weighted by Crippen LogP contribution is -2.15. The van der Waals surface area contributed by atoms with Crippen LogP contribution in [0.4, 0.5) is 18.9 Å². The number of thioether (sulfide) groups is 2. The number of aromatic hydroxyl groups is 1. The number of nitrogens with zero attached hydrogens (tertiary/aromatic N) is 1.